The molecule has 0 saturated carbocycles. The third-order valence-electron chi connectivity index (χ3n) is 3.27. The van der Waals surface area contributed by atoms with E-state index in [9.17, 15) is 8.42 Å². The normalized spacial score (nSPS) is 11.8. The summed E-state index contributed by atoms with van der Waals surface area (Å²) in [6, 6.07) is 4.87. The summed E-state index contributed by atoms with van der Waals surface area (Å²) in [5.74, 6) is -0.185. The highest BCUT2D eigenvalue weighted by Crippen LogP contribution is 2.27. The number of benzene rings is 1. The Labute approximate surface area is 123 Å². The fourth-order valence-corrected chi connectivity index (χ4v) is 4.15. The third kappa shape index (κ3) is 2.53. The minimum atomic E-state index is -3.52. The van der Waals surface area contributed by atoms with Gasteiger partial charge >= 0.3 is 0 Å². The van der Waals surface area contributed by atoms with Gasteiger partial charge < -0.3 is 5.73 Å². The van der Waals surface area contributed by atoms with Crippen molar-refractivity contribution in [1.82, 2.24) is 9.78 Å². The SMILES string of the molecule is Cc1nn(C)c(Cl)c1CS(=O)(=O)c1cccc(N)c1C. The number of nitrogens with zero attached hydrogens (tertiary/aromatic N) is 2. The second-order valence-corrected chi connectivity index (χ2v) is 7.02. The van der Waals surface area contributed by atoms with Gasteiger partial charge in [0.15, 0.2) is 9.84 Å². The lowest BCUT2D eigenvalue weighted by Crippen LogP contribution is -2.09. The molecule has 0 radical (unpaired) electrons. The smallest absolute Gasteiger partial charge is 0.183 e. The maximum atomic E-state index is 12.5. The molecule has 0 fully saturated rings. The van der Waals surface area contributed by atoms with Crippen molar-refractivity contribution < 1.29 is 8.42 Å². The van der Waals surface area contributed by atoms with E-state index in [1.807, 2.05) is 0 Å². The van der Waals surface area contributed by atoms with Gasteiger partial charge in [0, 0.05) is 18.3 Å². The van der Waals surface area contributed by atoms with Crippen LogP contribution in [0.15, 0.2) is 23.1 Å². The average Bonchev–Trinajstić information content (AvgIpc) is 2.59. The zero-order chi connectivity index (χ0) is 15.1. The van der Waals surface area contributed by atoms with Gasteiger partial charge in [-0.1, -0.05) is 17.7 Å². The molecule has 108 valence electrons. The highest BCUT2D eigenvalue weighted by atomic mass is 35.5. The molecule has 2 rings (SSSR count). The molecule has 0 amide bonds. The van der Waals surface area contributed by atoms with Crippen molar-refractivity contribution >= 4 is 27.1 Å². The van der Waals surface area contributed by atoms with Crippen LogP contribution in [0.5, 0.6) is 0 Å². The Morgan fingerprint density at radius 2 is 2.00 bits per heavy atom. The standard InChI is InChI=1S/C13H16ClN3O2S/c1-8-11(15)5-4-6-12(8)20(18,19)7-10-9(2)16-17(3)13(10)14/h4-6H,7,15H2,1-3H3. The van der Waals surface area contributed by atoms with Gasteiger partial charge in [0.25, 0.3) is 0 Å². The fraction of sp³-hybridized carbons (Fsp3) is 0.308. The second-order valence-electron chi connectivity index (χ2n) is 4.71. The summed E-state index contributed by atoms with van der Waals surface area (Å²) < 4.78 is 26.5. The van der Waals surface area contributed by atoms with Crippen molar-refractivity contribution in [3.8, 4) is 0 Å². The fourth-order valence-electron chi connectivity index (χ4n) is 2.07. The molecular weight excluding hydrogens is 298 g/mol. The van der Waals surface area contributed by atoms with Crippen molar-refractivity contribution in [3.63, 3.8) is 0 Å². The zero-order valence-electron chi connectivity index (χ0n) is 11.5. The lowest BCUT2D eigenvalue weighted by molar-refractivity contribution is 0.594. The van der Waals surface area contributed by atoms with E-state index in [0.717, 1.165) is 0 Å². The van der Waals surface area contributed by atoms with E-state index >= 15 is 0 Å². The van der Waals surface area contributed by atoms with Crippen LogP contribution in [0.3, 0.4) is 0 Å². The summed E-state index contributed by atoms with van der Waals surface area (Å²) in [5, 5.41) is 4.46. The van der Waals surface area contributed by atoms with Crippen LogP contribution in [0.25, 0.3) is 0 Å². The first-order valence-electron chi connectivity index (χ1n) is 6.00. The van der Waals surface area contributed by atoms with Crippen LogP contribution in [0, 0.1) is 13.8 Å². The lowest BCUT2D eigenvalue weighted by Gasteiger charge is -2.09. The monoisotopic (exact) mass is 313 g/mol. The molecule has 20 heavy (non-hydrogen) atoms. The van der Waals surface area contributed by atoms with Gasteiger partial charge in [-0.2, -0.15) is 5.10 Å². The number of nitrogens with two attached hydrogens (primary N) is 1. The van der Waals surface area contributed by atoms with Gasteiger partial charge in [-0.25, -0.2) is 8.42 Å². The van der Waals surface area contributed by atoms with Crippen molar-refractivity contribution in [2.24, 2.45) is 7.05 Å². The number of aromatic nitrogens is 2. The Kier molecular flexibility index (Phi) is 3.80. The number of nitrogen functional groups attached to an aromatic ring is 1. The maximum Gasteiger partial charge on any atom is 0.183 e. The highest BCUT2D eigenvalue weighted by molar-refractivity contribution is 7.90. The molecule has 1 aromatic carbocycles. The molecule has 1 heterocycles. The zero-order valence-corrected chi connectivity index (χ0v) is 13.1. The van der Waals surface area contributed by atoms with Gasteiger partial charge in [0.1, 0.15) is 5.15 Å². The Balaban J connectivity index is 2.49. The largest absolute Gasteiger partial charge is 0.398 e. The topological polar surface area (TPSA) is 78.0 Å². The number of hydrogen-bond acceptors (Lipinski definition) is 4. The molecule has 2 N–H and O–H groups in total. The van der Waals surface area contributed by atoms with Crippen molar-refractivity contribution in [2.45, 2.75) is 24.5 Å². The number of halogens is 1. The molecule has 0 spiro atoms. The molecule has 0 saturated heterocycles. The molecule has 7 heteroatoms. The van der Waals surface area contributed by atoms with Crippen molar-refractivity contribution in [1.29, 1.82) is 0 Å². The van der Waals surface area contributed by atoms with Crippen molar-refractivity contribution in [2.75, 3.05) is 5.73 Å². The van der Waals surface area contributed by atoms with E-state index in [2.05, 4.69) is 5.10 Å². The minimum absolute atomic E-state index is 0.185. The summed E-state index contributed by atoms with van der Waals surface area (Å²) in [5.41, 5.74) is 7.92. The van der Waals surface area contributed by atoms with Gasteiger partial charge in [-0.3, -0.25) is 4.68 Å². The van der Waals surface area contributed by atoms with Gasteiger partial charge in [0.2, 0.25) is 0 Å². The predicted molar refractivity (Wildman–Crippen MR) is 79.4 cm³/mol. The second kappa shape index (κ2) is 5.10. The van der Waals surface area contributed by atoms with Crippen LogP contribution < -0.4 is 5.73 Å². The number of rotatable bonds is 3. The van der Waals surface area contributed by atoms with Crippen LogP contribution >= 0.6 is 11.6 Å². The molecule has 0 unspecified atom stereocenters. The number of sulfone groups is 1. The summed E-state index contributed by atoms with van der Waals surface area (Å²) in [6.07, 6.45) is 0. The van der Waals surface area contributed by atoms with Crippen LogP contribution in [-0.2, 0) is 22.6 Å². The summed E-state index contributed by atoms with van der Waals surface area (Å²) in [6.45, 7) is 3.43. The number of anilines is 1. The van der Waals surface area contributed by atoms with Gasteiger partial charge in [0.05, 0.1) is 16.3 Å². The van der Waals surface area contributed by atoms with E-state index in [-0.39, 0.29) is 10.6 Å². The number of hydrogen-bond donors (Lipinski definition) is 1. The summed E-state index contributed by atoms with van der Waals surface area (Å²) >= 11 is 6.09. The molecule has 0 atom stereocenters. The highest BCUT2D eigenvalue weighted by Gasteiger charge is 2.23. The van der Waals surface area contributed by atoms with E-state index in [1.165, 1.54) is 4.68 Å². The molecule has 1 aromatic heterocycles. The average molecular weight is 314 g/mol. The quantitative estimate of drug-likeness (QED) is 0.882. The summed E-state index contributed by atoms with van der Waals surface area (Å²) in [4.78, 5) is 0.233. The molecule has 0 aliphatic carbocycles. The van der Waals surface area contributed by atoms with Crippen LogP contribution in [-0.4, -0.2) is 18.2 Å². The maximum absolute atomic E-state index is 12.5. The molecular formula is C13H16ClN3O2S. The molecule has 0 aliphatic rings. The van der Waals surface area contributed by atoms with Gasteiger partial charge in [-0.15, -0.1) is 0 Å². The first-order chi connectivity index (χ1) is 9.24. The van der Waals surface area contributed by atoms with Crippen molar-refractivity contribution in [3.05, 3.63) is 40.2 Å². The third-order valence-corrected chi connectivity index (χ3v) is 5.52. The van der Waals surface area contributed by atoms with E-state index in [1.54, 1.807) is 39.1 Å². The van der Waals surface area contributed by atoms with E-state index < -0.39 is 9.84 Å². The number of aryl methyl sites for hydroxylation is 2. The first kappa shape index (κ1) is 14.9. The summed E-state index contributed by atoms with van der Waals surface area (Å²) in [7, 11) is -1.84. The first-order valence-corrected chi connectivity index (χ1v) is 8.03. The molecule has 5 nitrogen and oxygen atoms in total. The van der Waals surface area contributed by atoms with Gasteiger partial charge in [-0.05, 0) is 31.5 Å². The van der Waals surface area contributed by atoms with Crippen LogP contribution in [0.4, 0.5) is 5.69 Å². The van der Waals surface area contributed by atoms with Crippen LogP contribution in [0.2, 0.25) is 5.15 Å². The Bertz CT molecular complexity index is 766. The Hall–Kier alpha value is -1.53. The Morgan fingerprint density at radius 1 is 1.35 bits per heavy atom. The predicted octanol–water partition coefficient (Wildman–Crippen LogP) is 2.25. The molecule has 0 bridgehead atoms. The molecule has 0 aliphatic heterocycles. The van der Waals surface area contributed by atoms with Crippen LogP contribution in [0.1, 0.15) is 16.8 Å². The minimum Gasteiger partial charge on any atom is -0.398 e. The van der Waals surface area contributed by atoms with E-state index in [4.69, 9.17) is 17.3 Å². The lowest BCUT2D eigenvalue weighted by atomic mass is 10.2. The molecule has 2 aromatic rings. The Morgan fingerprint density at radius 3 is 2.55 bits per heavy atom. The van der Waals surface area contributed by atoms with E-state index in [0.29, 0.717) is 27.7 Å².